The lowest BCUT2D eigenvalue weighted by Gasteiger charge is -2.12. The van der Waals surface area contributed by atoms with E-state index in [-0.39, 0.29) is 11.8 Å². The smallest absolute Gasteiger partial charge is 0.254 e. The Balaban J connectivity index is 1.42. The largest absolute Gasteiger partial charge is 0.352 e. The van der Waals surface area contributed by atoms with Gasteiger partial charge >= 0.3 is 0 Å². The molecule has 30 heavy (non-hydrogen) atoms. The molecule has 0 fully saturated rings. The van der Waals surface area contributed by atoms with E-state index in [1.807, 2.05) is 25.1 Å². The van der Waals surface area contributed by atoms with Gasteiger partial charge in [0.25, 0.3) is 5.91 Å². The van der Waals surface area contributed by atoms with Crippen molar-refractivity contribution in [2.24, 2.45) is 0 Å². The molecule has 4 rings (SSSR count). The summed E-state index contributed by atoms with van der Waals surface area (Å²) in [7, 11) is 0. The monoisotopic (exact) mass is 437 g/mol. The molecule has 0 unspecified atom stereocenters. The first-order valence-electron chi connectivity index (χ1n) is 9.81. The Morgan fingerprint density at radius 2 is 2.10 bits per heavy atom. The molecule has 0 aliphatic carbocycles. The number of amides is 1. The van der Waals surface area contributed by atoms with Crippen LogP contribution in [0.3, 0.4) is 0 Å². The summed E-state index contributed by atoms with van der Waals surface area (Å²) in [5.41, 5.74) is 2.49. The SMILES string of the molecule is Cc1nc(-c2ccc(CCNC(=O)c3cnn(-c4ccccn4)c3C(C)C)s2)cs1. The van der Waals surface area contributed by atoms with Crippen LogP contribution in [0, 0.1) is 6.92 Å². The Kier molecular flexibility index (Phi) is 6.06. The van der Waals surface area contributed by atoms with E-state index in [4.69, 9.17) is 0 Å². The lowest BCUT2D eigenvalue weighted by atomic mass is 10.1. The van der Waals surface area contributed by atoms with Gasteiger partial charge in [-0.3, -0.25) is 4.79 Å². The van der Waals surface area contributed by atoms with E-state index in [1.165, 1.54) is 9.75 Å². The highest BCUT2D eigenvalue weighted by molar-refractivity contribution is 7.16. The normalized spacial score (nSPS) is 11.2. The number of carbonyl (C=O) groups excluding carboxylic acids is 1. The number of carbonyl (C=O) groups is 1. The summed E-state index contributed by atoms with van der Waals surface area (Å²) >= 11 is 3.38. The van der Waals surface area contributed by atoms with Crippen molar-refractivity contribution in [2.75, 3.05) is 6.54 Å². The second kappa shape index (κ2) is 8.89. The maximum atomic E-state index is 12.8. The van der Waals surface area contributed by atoms with Gasteiger partial charge in [0.15, 0.2) is 5.82 Å². The Morgan fingerprint density at radius 3 is 2.80 bits per heavy atom. The summed E-state index contributed by atoms with van der Waals surface area (Å²) in [6, 6.07) is 9.87. The van der Waals surface area contributed by atoms with E-state index in [2.05, 4.69) is 51.7 Å². The summed E-state index contributed by atoms with van der Waals surface area (Å²) in [5, 5.41) is 10.6. The summed E-state index contributed by atoms with van der Waals surface area (Å²) < 4.78 is 1.75. The van der Waals surface area contributed by atoms with Crippen LogP contribution in [0.4, 0.5) is 0 Å². The molecule has 0 aliphatic rings. The topological polar surface area (TPSA) is 72.7 Å². The Labute approximate surface area is 183 Å². The first-order chi connectivity index (χ1) is 14.5. The van der Waals surface area contributed by atoms with Gasteiger partial charge in [-0.15, -0.1) is 22.7 Å². The standard InChI is InChI=1S/C22H23N5OS2/c1-14(2)21-17(12-25-27(21)20-6-4-5-10-23-20)22(28)24-11-9-16-7-8-19(30-16)18-13-29-15(3)26-18/h4-8,10,12-14H,9,11H2,1-3H3,(H,24,28). The minimum atomic E-state index is -0.104. The molecule has 6 nitrogen and oxygen atoms in total. The predicted octanol–water partition coefficient (Wildman–Crippen LogP) is 4.86. The van der Waals surface area contributed by atoms with Crippen molar-refractivity contribution in [3.63, 3.8) is 0 Å². The molecule has 0 atom stereocenters. The number of nitrogens with zero attached hydrogens (tertiary/aromatic N) is 4. The van der Waals surface area contributed by atoms with Gasteiger partial charge in [-0.05, 0) is 43.5 Å². The molecule has 0 saturated heterocycles. The number of aromatic nitrogens is 4. The number of thiophene rings is 1. The Morgan fingerprint density at radius 1 is 1.23 bits per heavy atom. The third-order valence-electron chi connectivity index (χ3n) is 4.65. The highest BCUT2D eigenvalue weighted by atomic mass is 32.1. The Bertz CT molecular complexity index is 1140. The van der Waals surface area contributed by atoms with E-state index < -0.39 is 0 Å². The fraction of sp³-hybridized carbons (Fsp3) is 0.273. The van der Waals surface area contributed by atoms with Crippen molar-refractivity contribution in [1.82, 2.24) is 25.1 Å². The molecule has 4 aromatic heterocycles. The summed E-state index contributed by atoms with van der Waals surface area (Å²) in [4.78, 5) is 24.1. The first kappa shape index (κ1) is 20.4. The number of rotatable bonds is 7. The van der Waals surface area contributed by atoms with Gasteiger partial charge in [0.05, 0.1) is 33.0 Å². The third-order valence-corrected chi connectivity index (χ3v) is 6.60. The molecular formula is C22H23N5OS2. The fourth-order valence-corrected chi connectivity index (χ4v) is 4.93. The molecule has 0 aliphatic heterocycles. The van der Waals surface area contributed by atoms with Crippen LogP contribution < -0.4 is 5.32 Å². The van der Waals surface area contributed by atoms with Crippen molar-refractivity contribution < 1.29 is 4.79 Å². The second-order valence-electron chi connectivity index (χ2n) is 7.22. The highest BCUT2D eigenvalue weighted by Crippen LogP contribution is 2.29. The summed E-state index contributed by atoms with van der Waals surface area (Å²) in [6.07, 6.45) is 4.14. The quantitative estimate of drug-likeness (QED) is 0.448. The maximum Gasteiger partial charge on any atom is 0.254 e. The van der Waals surface area contributed by atoms with Gasteiger partial charge in [-0.25, -0.2) is 14.6 Å². The van der Waals surface area contributed by atoms with E-state index in [0.717, 1.165) is 22.8 Å². The molecule has 4 heterocycles. The molecule has 1 amide bonds. The fourth-order valence-electron chi connectivity index (χ4n) is 3.27. The molecule has 1 N–H and O–H groups in total. The van der Waals surface area contributed by atoms with Crippen LogP contribution in [0.1, 0.15) is 45.7 Å². The van der Waals surface area contributed by atoms with E-state index in [9.17, 15) is 4.79 Å². The van der Waals surface area contributed by atoms with E-state index >= 15 is 0 Å². The molecule has 0 saturated carbocycles. The average molecular weight is 438 g/mol. The van der Waals surface area contributed by atoms with E-state index in [1.54, 1.807) is 39.7 Å². The lowest BCUT2D eigenvalue weighted by molar-refractivity contribution is 0.0953. The maximum absolute atomic E-state index is 12.8. The van der Waals surface area contributed by atoms with Crippen LogP contribution in [-0.4, -0.2) is 32.2 Å². The predicted molar refractivity (Wildman–Crippen MR) is 122 cm³/mol. The molecule has 154 valence electrons. The number of pyridine rings is 1. The Hall–Kier alpha value is -2.84. The number of hydrogen-bond donors (Lipinski definition) is 1. The first-order valence-corrected chi connectivity index (χ1v) is 11.5. The molecule has 0 aromatic carbocycles. The summed E-state index contributed by atoms with van der Waals surface area (Å²) in [6.45, 7) is 6.70. The van der Waals surface area contributed by atoms with Crippen molar-refractivity contribution in [2.45, 2.75) is 33.1 Å². The van der Waals surface area contributed by atoms with Gasteiger partial charge < -0.3 is 5.32 Å². The van der Waals surface area contributed by atoms with Crippen LogP contribution in [-0.2, 0) is 6.42 Å². The number of nitrogens with one attached hydrogen (secondary N) is 1. The van der Waals surface area contributed by atoms with Crippen molar-refractivity contribution in [1.29, 1.82) is 0 Å². The van der Waals surface area contributed by atoms with Crippen LogP contribution in [0.5, 0.6) is 0 Å². The van der Waals surface area contributed by atoms with Gasteiger partial charge in [-0.1, -0.05) is 19.9 Å². The molecule has 0 spiro atoms. The van der Waals surface area contributed by atoms with Gasteiger partial charge in [0.1, 0.15) is 0 Å². The van der Waals surface area contributed by atoms with Crippen molar-refractivity contribution in [3.8, 4) is 16.4 Å². The van der Waals surface area contributed by atoms with Crippen LogP contribution >= 0.6 is 22.7 Å². The minimum absolute atomic E-state index is 0.104. The van der Waals surface area contributed by atoms with Gasteiger partial charge in [-0.2, -0.15) is 5.10 Å². The van der Waals surface area contributed by atoms with Crippen LogP contribution in [0.25, 0.3) is 16.4 Å². The molecule has 8 heteroatoms. The van der Waals surface area contributed by atoms with Crippen molar-refractivity contribution >= 4 is 28.6 Å². The number of hydrogen-bond acceptors (Lipinski definition) is 6. The van der Waals surface area contributed by atoms with Crippen molar-refractivity contribution in [3.05, 3.63) is 69.2 Å². The highest BCUT2D eigenvalue weighted by Gasteiger charge is 2.21. The van der Waals surface area contributed by atoms with E-state index in [0.29, 0.717) is 17.9 Å². The molecule has 4 aromatic rings. The molecule has 0 bridgehead atoms. The zero-order chi connectivity index (χ0) is 21.1. The summed E-state index contributed by atoms with van der Waals surface area (Å²) in [5.74, 6) is 0.744. The second-order valence-corrected chi connectivity index (χ2v) is 9.45. The number of thiazole rings is 1. The van der Waals surface area contributed by atoms with Gasteiger partial charge in [0.2, 0.25) is 0 Å². The van der Waals surface area contributed by atoms with Crippen LogP contribution in [0.2, 0.25) is 0 Å². The minimum Gasteiger partial charge on any atom is -0.352 e. The number of aryl methyl sites for hydroxylation is 1. The molecule has 0 radical (unpaired) electrons. The zero-order valence-electron chi connectivity index (χ0n) is 17.1. The average Bonchev–Trinajstić information content (AvgIpc) is 3.47. The zero-order valence-corrected chi connectivity index (χ0v) is 18.8. The third kappa shape index (κ3) is 4.34. The van der Waals surface area contributed by atoms with Gasteiger partial charge in [0, 0.05) is 23.0 Å². The molecular weight excluding hydrogens is 414 g/mol. The van der Waals surface area contributed by atoms with Crippen LogP contribution in [0.15, 0.2) is 48.1 Å². The lowest BCUT2D eigenvalue weighted by Crippen LogP contribution is -2.26.